The molecule has 53 heavy (non-hydrogen) atoms. The number of hydrogen-bond acceptors (Lipinski definition) is 8. The van der Waals surface area contributed by atoms with Crippen molar-refractivity contribution in [2.45, 2.75) is 104 Å². The van der Waals surface area contributed by atoms with Crippen molar-refractivity contribution in [3.05, 3.63) is 71.7 Å². The minimum absolute atomic E-state index is 0.0196. The molecular formula is C37H56F3N7O6. The molecule has 16 heteroatoms. The van der Waals surface area contributed by atoms with Crippen LogP contribution in [-0.4, -0.2) is 78.0 Å². The lowest BCUT2D eigenvalue weighted by Crippen LogP contribution is -2.58. The van der Waals surface area contributed by atoms with Crippen LogP contribution in [0.3, 0.4) is 0 Å². The summed E-state index contributed by atoms with van der Waals surface area (Å²) in [4.78, 5) is 66.0. The predicted molar refractivity (Wildman–Crippen MR) is 195 cm³/mol. The Kier molecular flexibility index (Phi) is 20.8. The molecule has 0 saturated heterocycles. The Balaban J connectivity index is 3.31. The van der Waals surface area contributed by atoms with Gasteiger partial charge in [-0.1, -0.05) is 60.1 Å². The highest BCUT2D eigenvalue weighted by atomic mass is 19.2. The number of benzene rings is 1. The van der Waals surface area contributed by atoms with E-state index >= 15 is 0 Å². The van der Waals surface area contributed by atoms with E-state index in [0.29, 0.717) is 19.4 Å². The van der Waals surface area contributed by atoms with Gasteiger partial charge in [-0.2, -0.15) is 0 Å². The van der Waals surface area contributed by atoms with E-state index < -0.39 is 71.3 Å². The number of amides is 5. The van der Waals surface area contributed by atoms with Gasteiger partial charge < -0.3 is 31.9 Å². The molecule has 0 aliphatic rings. The van der Waals surface area contributed by atoms with E-state index in [1.807, 2.05) is 6.92 Å². The molecule has 8 N–H and O–H groups in total. The van der Waals surface area contributed by atoms with E-state index in [4.69, 9.17) is 5.21 Å². The van der Waals surface area contributed by atoms with Gasteiger partial charge in [0.15, 0.2) is 17.5 Å². The summed E-state index contributed by atoms with van der Waals surface area (Å²) in [5, 5.41) is 25.5. The highest BCUT2D eigenvalue weighted by Crippen LogP contribution is 2.16. The van der Waals surface area contributed by atoms with Crippen LogP contribution in [0.5, 0.6) is 0 Å². The van der Waals surface area contributed by atoms with Crippen LogP contribution in [0.4, 0.5) is 13.2 Å². The van der Waals surface area contributed by atoms with Crippen molar-refractivity contribution >= 4 is 29.5 Å². The molecule has 1 aromatic carbocycles. The van der Waals surface area contributed by atoms with E-state index in [-0.39, 0.29) is 48.3 Å². The molecule has 1 unspecified atom stereocenters. The highest BCUT2D eigenvalue weighted by molar-refractivity contribution is 6.00. The van der Waals surface area contributed by atoms with Crippen LogP contribution in [-0.2, 0) is 30.4 Å². The van der Waals surface area contributed by atoms with Crippen molar-refractivity contribution in [2.75, 3.05) is 13.1 Å². The predicted octanol–water partition coefficient (Wildman–Crippen LogP) is 2.81. The molecule has 0 bridgehead atoms. The van der Waals surface area contributed by atoms with Gasteiger partial charge in [0.2, 0.25) is 23.6 Å². The lowest BCUT2D eigenvalue weighted by atomic mass is 9.97. The molecule has 0 spiro atoms. The lowest BCUT2D eigenvalue weighted by Gasteiger charge is -2.28. The van der Waals surface area contributed by atoms with Crippen molar-refractivity contribution in [3.8, 4) is 0 Å². The van der Waals surface area contributed by atoms with Crippen LogP contribution in [0.2, 0.25) is 0 Å². The zero-order valence-corrected chi connectivity index (χ0v) is 31.6. The molecule has 5 amide bonds. The summed E-state index contributed by atoms with van der Waals surface area (Å²) in [7, 11) is 0. The molecule has 0 radical (unpaired) electrons. The maximum atomic E-state index is 14.2. The van der Waals surface area contributed by atoms with Gasteiger partial charge in [0.05, 0.1) is 6.04 Å². The maximum absolute atomic E-state index is 14.2. The van der Waals surface area contributed by atoms with E-state index in [1.165, 1.54) is 25.2 Å². The second-order valence-electron chi connectivity index (χ2n) is 13.0. The third kappa shape index (κ3) is 15.4. The molecule has 0 aliphatic carbocycles. The zero-order valence-electron chi connectivity index (χ0n) is 31.6. The smallest absolute Gasteiger partial charge is 0.251 e. The minimum atomic E-state index is -1.65. The minimum Gasteiger partial charge on any atom is -0.355 e. The van der Waals surface area contributed by atoms with Crippen molar-refractivity contribution in [1.82, 2.24) is 37.4 Å². The second-order valence-corrected chi connectivity index (χ2v) is 13.0. The number of halogens is 3. The lowest BCUT2D eigenvalue weighted by molar-refractivity contribution is -0.132. The summed E-state index contributed by atoms with van der Waals surface area (Å²) in [6.45, 7) is 16.1. The monoisotopic (exact) mass is 751 g/mol. The topological polar surface area (TPSA) is 190 Å². The van der Waals surface area contributed by atoms with Crippen LogP contribution < -0.4 is 37.4 Å². The van der Waals surface area contributed by atoms with Crippen LogP contribution in [0.25, 0.3) is 0 Å². The largest absolute Gasteiger partial charge is 0.355 e. The first-order valence-electron chi connectivity index (χ1n) is 17.8. The van der Waals surface area contributed by atoms with Gasteiger partial charge in [-0.05, 0) is 68.4 Å². The summed E-state index contributed by atoms with van der Waals surface area (Å²) in [6, 6.07) is -3.19. The van der Waals surface area contributed by atoms with E-state index in [0.717, 1.165) is 18.3 Å². The van der Waals surface area contributed by atoms with Crippen molar-refractivity contribution < 1.29 is 42.4 Å². The van der Waals surface area contributed by atoms with Crippen molar-refractivity contribution in [1.29, 1.82) is 0 Å². The molecule has 0 aliphatic heterocycles. The van der Waals surface area contributed by atoms with Gasteiger partial charge in [-0.15, -0.1) is 0 Å². The van der Waals surface area contributed by atoms with Gasteiger partial charge in [0, 0.05) is 30.9 Å². The molecule has 0 saturated carbocycles. The average molecular weight is 752 g/mol. The fourth-order valence-corrected chi connectivity index (χ4v) is 5.20. The quantitative estimate of drug-likeness (QED) is 0.0363. The highest BCUT2D eigenvalue weighted by Gasteiger charge is 2.31. The summed E-state index contributed by atoms with van der Waals surface area (Å²) < 4.78 is 42.1. The third-order valence-corrected chi connectivity index (χ3v) is 8.42. The maximum Gasteiger partial charge on any atom is 0.251 e. The fourth-order valence-electron chi connectivity index (χ4n) is 5.20. The van der Waals surface area contributed by atoms with Crippen molar-refractivity contribution in [3.63, 3.8) is 0 Å². The van der Waals surface area contributed by atoms with Gasteiger partial charge >= 0.3 is 0 Å². The van der Waals surface area contributed by atoms with E-state index in [9.17, 15) is 37.1 Å². The number of carbonyl (C=O) groups excluding carboxylic acids is 5. The van der Waals surface area contributed by atoms with Crippen LogP contribution in [0, 0.1) is 29.3 Å². The first-order chi connectivity index (χ1) is 25.0. The fraction of sp³-hybridized carbons (Fsp3) is 0.541. The number of carbonyl (C=O) groups is 5. The Hall–Kier alpha value is -4.70. The second kappa shape index (κ2) is 23.8. The molecule has 13 nitrogen and oxygen atoms in total. The first-order valence-corrected chi connectivity index (χ1v) is 17.8. The van der Waals surface area contributed by atoms with Gasteiger partial charge in [-0.25, -0.2) is 13.2 Å². The molecule has 0 fully saturated rings. The Labute approximate surface area is 310 Å². The van der Waals surface area contributed by atoms with Gasteiger partial charge in [0.1, 0.15) is 18.1 Å². The van der Waals surface area contributed by atoms with E-state index in [1.54, 1.807) is 40.1 Å². The number of hydrogen-bond donors (Lipinski definition) is 8. The number of likely N-dealkylation sites (N-methyl/N-ethyl adjacent to an activating group) is 1. The standard InChI is InChI=1S/C37H56F3N7O6/c1-9-13-25(15-16-43-53)34(49)47-32(22(7)11-3)37(52)45-29(14-10-2)35(50)44-26(17-24-18-27(38)30(40)28(39)19-24)20-42-23(8)33(48)46-31(21(5)6)36(51)41-12-4/h9,13,15-16,18-19,21-23,26,29,31-32,42-43,53H,1,10-12,14,17,20H2,2-8H3,(H,41,51)(H,44,50)(H,45,52)(H,46,48)(H,47,49)/b16-15-,25-13+/t22-,23-,26-,29-,31-,32?/m0/s1. The number of nitrogens with one attached hydrogen (secondary N) is 7. The first kappa shape index (κ1) is 46.3. The molecule has 296 valence electrons. The molecule has 0 aromatic heterocycles. The Bertz CT molecular complexity index is 1450. The van der Waals surface area contributed by atoms with Gasteiger partial charge in [0.25, 0.3) is 5.91 Å². The normalized spacial score (nSPS) is 15.1. The van der Waals surface area contributed by atoms with Crippen LogP contribution in [0.15, 0.2) is 48.7 Å². The molecule has 1 rings (SSSR count). The van der Waals surface area contributed by atoms with Gasteiger partial charge in [-0.3, -0.25) is 34.7 Å². The summed E-state index contributed by atoms with van der Waals surface area (Å²) in [6.07, 6.45) is 6.06. The van der Waals surface area contributed by atoms with E-state index in [2.05, 4.69) is 38.5 Å². The Morgan fingerprint density at radius 2 is 1.49 bits per heavy atom. The summed E-state index contributed by atoms with van der Waals surface area (Å²) >= 11 is 0. The summed E-state index contributed by atoms with van der Waals surface area (Å²) in [5.41, 5.74) is 1.90. The average Bonchev–Trinajstić information content (AvgIpc) is 3.11. The molecule has 0 heterocycles. The molecule has 1 aromatic rings. The van der Waals surface area contributed by atoms with Crippen LogP contribution >= 0.6 is 0 Å². The third-order valence-electron chi connectivity index (χ3n) is 8.42. The zero-order chi connectivity index (χ0) is 40.2. The summed E-state index contributed by atoms with van der Waals surface area (Å²) in [5.74, 6) is -7.87. The SMILES string of the molecule is C=C/C=C(\C=C/NO)C(=O)NC(C(=O)N[C@@H](CCC)C(=O)N[C@H](CN[C@@H](C)C(=O)N[C@H](C(=O)NCC)C(C)C)Cc1cc(F)c(F)c(F)c1)[C@@H](C)CC. The molecular weight excluding hydrogens is 695 g/mol. The molecule has 6 atom stereocenters. The number of allylic oxidation sites excluding steroid dienone is 2. The van der Waals surface area contributed by atoms with Crippen LogP contribution in [0.1, 0.15) is 73.3 Å². The van der Waals surface area contributed by atoms with Crippen molar-refractivity contribution in [2.24, 2.45) is 11.8 Å². The number of rotatable bonds is 23. The Morgan fingerprint density at radius 1 is 0.849 bits per heavy atom. The Morgan fingerprint density at radius 3 is 2.02 bits per heavy atom. The number of hydroxylamine groups is 1.